The second-order valence-corrected chi connectivity index (χ2v) is 8.83. The molecule has 0 radical (unpaired) electrons. The number of hydrogen-bond acceptors (Lipinski definition) is 5. The second kappa shape index (κ2) is 8.63. The Balaban J connectivity index is 1.71. The highest BCUT2D eigenvalue weighted by Crippen LogP contribution is 2.34. The molecule has 1 aromatic carbocycles. The molecule has 0 spiro atoms. The minimum Gasteiger partial charge on any atom is -0.481 e. The summed E-state index contributed by atoms with van der Waals surface area (Å²) in [5.74, 6) is -1.78. The second-order valence-electron chi connectivity index (χ2n) is 6.72. The Hall–Kier alpha value is -1.90. The average molecular weight is 439 g/mol. The predicted molar refractivity (Wildman–Crippen MR) is 113 cm³/mol. The zero-order valence-electron chi connectivity index (χ0n) is 15.1. The lowest BCUT2D eigenvalue weighted by Crippen LogP contribution is -2.51. The maximum Gasteiger partial charge on any atom is 0.306 e. The molecule has 0 aromatic heterocycles. The van der Waals surface area contributed by atoms with E-state index in [1.807, 2.05) is 6.07 Å². The highest BCUT2D eigenvalue weighted by molar-refractivity contribution is 8.26. The van der Waals surface area contributed by atoms with Gasteiger partial charge in [-0.25, -0.2) is 0 Å². The zero-order chi connectivity index (χ0) is 20.4. The van der Waals surface area contributed by atoms with E-state index in [9.17, 15) is 14.4 Å². The summed E-state index contributed by atoms with van der Waals surface area (Å²) < 4.78 is 0.333. The zero-order valence-corrected chi connectivity index (χ0v) is 17.5. The summed E-state index contributed by atoms with van der Waals surface area (Å²) >= 11 is 12.5. The van der Waals surface area contributed by atoms with Gasteiger partial charge in [0.25, 0.3) is 5.91 Å². The molecule has 1 aromatic rings. The number of rotatable bonds is 4. The van der Waals surface area contributed by atoms with Crippen LogP contribution < -0.4 is 0 Å². The Morgan fingerprint density at radius 2 is 2.04 bits per heavy atom. The molecule has 9 heteroatoms. The number of carboxylic acids is 1. The van der Waals surface area contributed by atoms with Crippen molar-refractivity contribution in [2.75, 3.05) is 13.1 Å². The molecule has 2 saturated heterocycles. The molecule has 2 aliphatic heterocycles. The number of nitrogens with zero attached hydrogens (tertiary/aromatic N) is 2. The van der Waals surface area contributed by atoms with Crippen LogP contribution in [0.15, 0.2) is 29.2 Å². The first-order valence-electron chi connectivity index (χ1n) is 8.82. The minimum atomic E-state index is -0.830. The number of benzene rings is 1. The number of aliphatic carboxylic acids is 1. The molecular weight excluding hydrogens is 420 g/mol. The number of amides is 2. The molecular formula is C19H19ClN2O4S2. The fraction of sp³-hybridized carbons (Fsp3) is 0.368. The van der Waals surface area contributed by atoms with Gasteiger partial charge in [-0.3, -0.25) is 19.3 Å². The number of halogens is 1. The highest BCUT2D eigenvalue weighted by atomic mass is 35.5. The number of carbonyl (C=O) groups excluding carboxylic acids is 2. The van der Waals surface area contributed by atoms with Crippen molar-refractivity contribution in [2.24, 2.45) is 5.92 Å². The first kappa shape index (κ1) is 20.8. The third kappa shape index (κ3) is 4.39. The van der Waals surface area contributed by atoms with E-state index in [-0.39, 0.29) is 11.8 Å². The third-order valence-corrected chi connectivity index (χ3v) is 6.44. The number of likely N-dealkylation sites (tertiary alicyclic amines) is 1. The summed E-state index contributed by atoms with van der Waals surface area (Å²) in [4.78, 5) is 40.2. The number of carbonyl (C=O) groups is 3. The molecule has 28 heavy (non-hydrogen) atoms. The van der Waals surface area contributed by atoms with Gasteiger partial charge in [0, 0.05) is 18.1 Å². The Morgan fingerprint density at radius 1 is 1.36 bits per heavy atom. The molecule has 2 heterocycles. The van der Waals surface area contributed by atoms with Gasteiger partial charge in [0.15, 0.2) is 0 Å². The Labute approximate surface area is 177 Å². The summed E-state index contributed by atoms with van der Waals surface area (Å²) in [6.45, 7) is 2.39. The fourth-order valence-electron chi connectivity index (χ4n) is 3.28. The van der Waals surface area contributed by atoms with Crippen molar-refractivity contribution in [1.82, 2.24) is 9.80 Å². The van der Waals surface area contributed by atoms with Crippen molar-refractivity contribution >= 4 is 63.8 Å². The normalized spacial score (nSPS) is 20.7. The van der Waals surface area contributed by atoms with Crippen LogP contribution in [0.3, 0.4) is 0 Å². The fourth-order valence-corrected chi connectivity index (χ4v) is 4.90. The Morgan fingerprint density at radius 3 is 2.64 bits per heavy atom. The van der Waals surface area contributed by atoms with Gasteiger partial charge >= 0.3 is 5.97 Å². The molecule has 2 aliphatic rings. The van der Waals surface area contributed by atoms with E-state index in [0.717, 1.165) is 17.3 Å². The Bertz CT molecular complexity index is 865. The molecule has 148 valence electrons. The molecule has 0 saturated carbocycles. The SMILES string of the molecule is CC(C(=O)N1CCC(C(=O)O)CC1)N1C(=O)C(=Cc2cccc(Cl)c2)SC1=S. The molecule has 1 atom stereocenters. The number of thiocarbonyl (C=S) groups is 1. The summed E-state index contributed by atoms with van der Waals surface area (Å²) in [5, 5.41) is 9.66. The van der Waals surface area contributed by atoms with E-state index in [1.165, 1.54) is 4.90 Å². The molecule has 1 unspecified atom stereocenters. The summed E-state index contributed by atoms with van der Waals surface area (Å²) in [6, 6.07) is 6.38. The van der Waals surface area contributed by atoms with Gasteiger partial charge in [-0.05, 0) is 43.5 Å². The van der Waals surface area contributed by atoms with Crippen LogP contribution in [0.1, 0.15) is 25.3 Å². The van der Waals surface area contributed by atoms with Crippen LogP contribution >= 0.6 is 35.6 Å². The van der Waals surface area contributed by atoms with E-state index in [2.05, 4.69) is 0 Å². The van der Waals surface area contributed by atoms with Gasteiger partial charge in [-0.15, -0.1) is 0 Å². The van der Waals surface area contributed by atoms with Gasteiger partial charge in [0.05, 0.1) is 10.8 Å². The third-order valence-electron chi connectivity index (χ3n) is 4.87. The van der Waals surface area contributed by atoms with Crippen molar-refractivity contribution in [3.8, 4) is 0 Å². The molecule has 2 fully saturated rings. The van der Waals surface area contributed by atoms with Crippen molar-refractivity contribution in [3.05, 3.63) is 39.8 Å². The topological polar surface area (TPSA) is 77.9 Å². The van der Waals surface area contributed by atoms with Crippen LogP contribution in [0, 0.1) is 5.92 Å². The minimum absolute atomic E-state index is 0.218. The van der Waals surface area contributed by atoms with E-state index < -0.39 is 17.9 Å². The summed E-state index contributed by atoms with van der Waals surface area (Å²) in [7, 11) is 0. The summed E-state index contributed by atoms with van der Waals surface area (Å²) in [6.07, 6.45) is 2.54. The largest absolute Gasteiger partial charge is 0.481 e. The van der Waals surface area contributed by atoms with Gasteiger partial charge in [-0.2, -0.15) is 0 Å². The number of thioether (sulfide) groups is 1. The quantitative estimate of drug-likeness (QED) is 0.574. The lowest BCUT2D eigenvalue weighted by Gasteiger charge is -2.34. The molecule has 1 N–H and O–H groups in total. The van der Waals surface area contributed by atoms with Crippen LogP contribution in [0.5, 0.6) is 0 Å². The maximum absolute atomic E-state index is 12.8. The van der Waals surface area contributed by atoms with E-state index in [4.69, 9.17) is 28.9 Å². The van der Waals surface area contributed by atoms with Crippen molar-refractivity contribution in [1.29, 1.82) is 0 Å². The molecule has 6 nitrogen and oxygen atoms in total. The lowest BCUT2D eigenvalue weighted by molar-refractivity contribution is -0.147. The smallest absolute Gasteiger partial charge is 0.306 e. The van der Waals surface area contributed by atoms with Crippen LogP contribution in [0.4, 0.5) is 0 Å². The molecule has 0 aliphatic carbocycles. The maximum atomic E-state index is 12.8. The first-order valence-corrected chi connectivity index (χ1v) is 10.4. The number of carboxylic acid groups (broad SMARTS) is 1. The van der Waals surface area contributed by atoms with Gasteiger partial charge in [0.2, 0.25) is 5.91 Å². The first-order chi connectivity index (χ1) is 13.3. The average Bonchev–Trinajstić information content (AvgIpc) is 2.94. The van der Waals surface area contributed by atoms with E-state index in [1.54, 1.807) is 36.1 Å². The van der Waals surface area contributed by atoms with E-state index >= 15 is 0 Å². The predicted octanol–water partition coefficient (Wildman–Crippen LogP) is 3.25. The van der Waals surface area contributed by atoms with Crippen molar-refractivity contribution in [3.63, 3.8) is 0 Å². The van der Waals surface area contributed by atoms with Crippen LogP contribution in [0.25, 0.3) is 6.08 Å². The van der Waals surface area contributed by atoms with Crippen LogP contribution in [-0.4, -0.2) is 56.1 Å². The van der Waals surface area contributed by atoms with Crippen LogP contribution in [0.2, 0.25) is 5.02 Å². The molecule has 0 bridgehead atoms. The summed E-state index contributed by atoms with van der Waals surface area (Å²) in [5.41, 5.74) is 0.780. The molecule has 2 amide bonds. The van der Waals surface area contributed by atoms with Gasteiger partial charge in [0.1, 0.15) is 10.4 Å². The van der Waals surface area contributed by atoms with Crippen molar-refractivity contribution < 1.29 is 19.5 Å². The van der Waals surface area contributed by atoms with E-state index in [0.29, 0.717) is 40.2 Å². The standard InChI is InChI=1S/C19H19ClN2O4S2/c1-11(16(23)21-7-5-13(6-8-21)18(25)26)22-17(24)15(28-19(22)27)10-12-3-2-4-14(20)9-12/h2-4,9-11,13H,5-8H2,1H3,(H,25,26). The van der Waals surface area contributed by atoms with Gasteiger partial charge in [-0.1, -0.05) is 47.7 Å². The number of hydrogen-bond donors (Lipinski definition) is 1. The molecule has 3 rings (SSSR count). The van der Waals surface area contributed by atoms with Gasteiger partial charge < -0.3 is 10.0 Å². The number of piperidine rings is 1. The van der Waals surface area contributed by atoms with Crippen LogP contribution in [-0.2, 0) is 14.4 Å². The lowest BCUT2D eigenvalue weighted by atomic mass is 9.96. The van der Waals surface area contributed by atoms with Crippen molar-refractivity contribution in [2.45, 2.75) is 25.8 Å². The monoisotopic (exact) mass is 438 g/mol. The highest BCUT2D eigenvalue weighted by Gasteiger charge is 2.40. The Kier molecular flexibility index (Phi) is 6.42.